The standard InChI is InChI=1S/C18H18/c1-18-11-4-7-17(18)16-9-8-13-5-2-3-6-14(13)15(16)10-12-18/h2-3,5-6,8-10,12,17H,4,7,11H2,1H3/t17-,18-/m0/s1. The Kier molecular flexibility index (Phi) is 2.00. The van der Waals surface area contributed by atoms with Crippen molar-refractivity contribution in [2.75, 3.05) is 0 Å². The van der Waals surface area contributed by atoms with Crippen LogP contribution in [0.3, 0.4) is 0 Å². The number of hydrogen-bond donors (Lipinski definition) is 0. The van der Waals surface area contributed by atoms with Crippen molar-refractivity contribution in [3.8, 4) is 0 Å². The van der Waals surface area contributed by atoms with Crippen LogP contribution in [0, 0.1) is 5.41 Å². The minimum Gasteiger partial charge on any atom is -0.0773 e. The molecule has 4 rings (SSSR count). The Hall–Kier alpha value is -1.56. The van der Waals surface area contributed by atoms with Crippen molar-refractivity contribution in [2.45, 2.75) is 32.1 Å². The average Bonchev–Trinajstić information content (AvgIpc) is 2.80. The summed E-state index contributed by atoms with van der Waals surface area (Å²) in [6, 6.07) is 13.4. The first-order valence-corrected chi connectivity index (χ1v) is 6.99. The largest absolute Gasteiger partial charge is 0.0773 e. The molecule has 2 aromatic carbocycles. The molecule has 0 spiro atoms. The molecule has 0 bridgehead atoms. The highest BCUT2D eigenvalue weighted by Gasteiger charge is 2.40. The van der Waals surface area contributed by atoms with Crippen molar-refractivity contribution >= 4 is 16.8 Å². The molecular formula is C18H18. The van der Waals surface area contributed by atoms with Gasteiger partial charge in [-0.1, -0.05) is 61.9 Å². The van der Waals surface area contributed by atoms with Crippen LogP contribution in [0.2, 0.25) is 0 Å². The van der Waals surface area contributed by atoms with Gasteiger partial charge in [-0.15, -0.1) is 0 Å². The summed E-state index contributed by atoms with van der Waals surface area (Å²) in [6.45, 7) is 2.43. The Morgan fingerprint density at radius 1 is 1.11 bits per heavy atom. The zero-order valence-corrected chi connectivity index (χ0v) is 10.8. The molecule has 0 nitrogen and oxygen atoms in total. The lowest BCUT2D eigenvalue weighted by atomic mass is 9.70. The van der Waals surface area contributed by atoms with E-state index in [-0.39, 0.29) is 0 Å². The van der Waals surface area contributed by atoms with Crippen molar-refractivity contribution < 1.29 is 0 Å². The van der Waals surface area contributed by atoms with Gasteiger partial charge < -0.3 is 0 Å². The first-order valence-electron chi connectivity index (χ1n) is 6.99. The van der Waals surface area contributed by atoms with Gasteiger partial charge in [0.2, 0.25) is 0 Å². The molecule has 0 amide bonds. The lowest BCUT2D eigenvalue weighted by molar-refractivity contribution is 0.387. The van der Waals surface area contributed by atoms with Gasteiger partial charge in [0.15, 0.2) is 0 Å². The Bertz CT molecular complexity index is 650. The van der Waals surface area contributed by atoms with Crippen LogP contribution < -0.4 is 0 Å². The summed E-state index contributed by atoms with van der Waals surface area (Å²) < 4.78 is 0. The van der Waals surface area contributed by atoms with E-state index in [2.05, 4.69) is 55.5 Å². The van der Waals surface area contributed by atoms with Gasteiger partial charge in [0.05, 0.1) is 0 Å². The lowest BCUT2D eigenvalue weighted by Crippen LogP contribution is -2.20. The second-order valence-corrected chi connectivity index (χ2v) is 6.07. The van der Waals surface area contributed by atoms with E-state index in [1.165, 1.54) is 35.6 Å². The fourth-order valence-electron chi connectivity index (χ4n) is 3.98. The second kappa shape index (κ2) is 3.47. The Morgan fingerprint density at radius 2 is 2.00 bits per heavy atom. The van der Waals surface area contributed by atoms with Gasteiger partial charge in [-0.3, -0.25) is 0 Å². The normalized spacial score (nSPS) is 29.3. The molecule has 0 unspecified atom stereocenters. The maximum absolute atomic E-state index is 2.47. The van der Waals surface area contributed by atoms with Crippen LogP contribution in [0.5, 0.6) is 0 Å². The summed E-state index contributed by atoms with van der Waals surface area (Å²) in [5, 5.41) is 2.78. The van der Waals surface area contributed by atoms with Crippen LogP contribution in [-0.2, 0) is 0 Å². The van der Waals surface area contributed by atoms with E-state index in [1.807, 2.05) is 0 Å². The van der Waals surface area contributed by atoms with E-state index < -0.39 is 0 Å². The maximum atomic E-state index is 2.47. The third-order valence-electron chi connectivity index (χ3n) is 5.01. The predicted octanol–water partition coefficient (Wildman–Crippen LogP) is 5.14. The molecule has 0 radical (unpaired) electrons. The molecule has 2 atom stereocenters. The van der Waals surface area contributed by atoms with Crippen LogP contribution in [0.15, 0.2) is 42.5 Å². The van der Waals surface area contributed by atoms with Gasteiger partial charge >= 0.3 is 0 Å². The van der Waals surface area contributed by atoms with E-state index in [0.29, 0.717) is 5.41 Å². The van der Waals surface area contributed by atoms with E-state index in [1.54, 1.807) is 5.56 Å². The highest BCUT2D eigenvalue weighted by atomic mass is 14.4. The van der Waals surface area contributed by atoms with Crippen molar-refractivity contribution in [3.63, 3.8) is 0 Å². The first-order chi connectivity index (χ1) is 8.78. The molecule has 1 saturated carbocycles. The third kappa shape index (κ3) is 1.26. The summed E-state index contributed by atoms with van der Waals surface area (Å²) in [5.41, 5.74) is 3.46. The smallest absolute Gasteiger partial charge is 0.00671 e. The molecule has 2 aromatic rings. The number of hydrogen-bond acceptors (Lipinski definition) is 0. The minimum absolute atomic E-state index is 0.412. The maximum Gasteiger partial charge on any atom is -0.00671 e. The molecule has 2 aliphatic rings. The fourth-order valence-corrected chi connectivity index (χ4v) is 3.98. The van der Waals surface area contributed by atoms with Gasteiger partial charge in [0.1, 0.15) is 0 Å². The van der Waals surface area contributed by atoms with Crippen LogP contribution in [0.1, 0.15) is 43.2 Å². The molecule has 90 valence electrons. The second-order valence-electron chi connectivity index (χ2n) is 6.07. The van der Waals surface area contributed by atoms with Gasteiger partial charge in [-0.25, -0.2) is 0 Å². The molecule has 0 heteroatoms. The molecule has 18 heavy (non-hydrogen) atoms. The Labute approximate surface area is 108 Å². The van der Waals surface area contributed by atoms with Crippen molar-refractivity contribution in [1.82, 2.24) is 0 Å². The Balaban J connectivity index is 2.02. The number of benzene rings is 2. The summed E-state index contributed by atoms with van der Waals surface area (Å²) >= 11 is 0. The number of allylic oxidation sites excluding steroid dienone is 1. The van der Waals surface area contributed by atoms with Gasteiger partial charge in [0.25, 0.3) is 0 Å². The number of fused-ring (bicyclic) bond motifs is 5. The topological polar surface area (TPSA) is 0 Å². The van der Waals surface area contributed by atoms with E-state index in [4.69, 9.17) is 0 Å². The molecule has 0 saturated heterocycles. The van der Waals surface area contributed by atoms with Gasteiger partial charge in [-0.05, 0) is 46.1 Å². The van der Waals surface area contributed by atoms with E-state index in [0.717, 1.165) is 5.92 Å². The molecule has 0 N–H and O–H groups in total. The predicted molar refractivity (Wildman–Crippen MR) is 77.7 cm³/mol. The molecule has 2 aliphatic carbocycles. The highest BCUT2D eigenvalue weighted by molar-refractivity contribution is 5.92. The van der Waals surface area contributed by atoms with E-state index >= 15 is 0 Å². The summed E-state index contributed by atoms with van der Waals surface area (Å²) in [6.07, 6.45) is 8.92. The van der Waals surface area contributed by atoms with Crippen molar-refractivity contribution in [1.29, 1.82) is 0 Å². The zero-order chi connectivity index (χ0) is 12.2. The van der Waals surface area contributed by atoms with Crippen molar-refractivity contribution in [3.05, 3.63) is 53.6 Å². The molecule has 0 aliphatic heterocycles. The highest BCUT2D eigenvalue weighted by Crippen LogP contribution is 2.54. The molecule has 1 fully saturated rings. The van der Waals surface area contributed by atoms with Crippen LogP contribution in [0.25, 0.3) is 16.8 Å². The van der Waals surface area contributed by atoms with Crippen LogP contribution >= 0.6 is 0 Å². The summed E-state index contributed by atoms with van der Waals surface area (Å²) in [4.78, 5) is 0. The SMILES string of the molecule is C[C@]12C=Cc3c(ccc4ccccc34)[C@@H]1CCC2. The molecule has 0 heterocycles. The minimum atomic E-state index is 0.412. The lowest BCUT2D eigenvalue weighted by Gasteiger charge is -2.34. The third-order valence-corrected chi connectivity index (χ3v) is 5.01. The van der Waals surface area contributed by atoms with Gasteiger partial charge in [0, 0.05) is 0 Å². The Morgan fingerprint density at radius 3 is 2.94 bits per heavy atom. The zero-order valence-electron chi connectivity index (χ0n) is 10.8. The van der Waals surface area contributed by atoms with E-state index in [9.17, 15) is 0 Å². The first kappa shape index (κ1) is 10.4. The van der Waals surface area contributed by atoms with Crippen molar-refractivity contribution in [2.24, 2.45) is 5.41 Å². The molecule has 0 aromatic heterocycles. The number of rotatable bonds is 0. The quantitative estimate of drug-likeness (QED) is 0.592. The van der Waals surface area contributed by atoms with Gasteiger partial charge in [-0.2, -0.15) is 0 Å². The fraction of sp³-hybridized carbons (Fsp3) is 0.333. The summed E-state index contributed by atoms with van der Waals surface area (Å²) in [7, 11) is 0. The van der Waals surface area contributed by atoms with Crippen LogP contribution in [0.4, 0.5) is 0 Å². The summed E-state index contributed by atoms with van der Waals surface area (Å²) in [5.74, 6) is 0.738. The average molecular weight is 234 g/mol. The monoisotopic (exact) mass is 234 g/mol. The molecular weight excluding hydrogens is 216 g/mol. The van der Waals surface area contributed by atoms with Crippen LogP contribution in [-0.4, -0.2) is 0 Å².